The molecule has 0 aromatic heterocycles. The zero-order valence-electron chi connectivity index (χ0n) is 20.8. The summed E-state index contributed by atoms with van der Waals surface area (Å²) in [5, 5.41) is 3.21. The van der Waals surface area contributed by atoms with Gasteiger partial charge in [-0.3, -0.25) is 13.9 Å². The number of carbonyl (C=O) groups excluding carboxylic acids is 2. The molecule has 2 aromatic rings. The van der Waals surface area contributed by atoms with Gasteiger partial charge in [0, 0.05) is 12.6 Å². The van der Waals surface area contributed by atoms with Gasteiger partial charge in [-0.1, -0.05) is 79.0 Å². The lowest BCUT2D eigenvalue weighted by Crippen LogP contribution is -2.54. The van der Waals surface area contributed by atoms with Crippen molar-refractivity contribution < 1.29 is 18.0 Å². The number of carbonyl (C=O) groups is 2. The van der Waals surface area contributed by atoms with Gasteiger partial charge in [0.05, 0.1) is 27.0 Å². The fraction of sp³-hybridized carbons (Fsp3) is 0.440. The first-order valence-corrected chi connectivity index (χ1v) is 14.6. The van der Waals surface area contributed by atoms with Crippen LogP contribution in [-0.4, -0.2) is 56.6 Å². The van der Waals surface area contributed by atoms with Crippen molar-refractivity contribution in [2.24, 2.45) is 0 Å². The highest BCUT2D eigenvalue weighted by atomic mass is 35.5. The van der Waals surface area contributed by atoms with Crippen molar-refractivity contribution in [2.45, 2.75) is 52.1 Å². The Hall–Kier alpha value is -2.00. The highest BCUT2D eigenvalue weighted by molar-refractivity contribution is 7.92. The Morgan fingerprint density at radius 3 is 2.14 bits per heavy atom. The summed E-state index contributed by atoms with van der Waals surface area (Å²) in [6, 6.07) is 11.3. The van der Waals surface area contributed by atoms with Gasteiger partial charge in [-0.05, 0) is 43.9 Å². The van der Waals surface area contributed by atoms with Gasteiger partial charge in [0.1, 0.15) is 12.6 Å². The van der Waals surface area contributed by atoms with Crippen LogP contribution in [0, 0.1) is 0 Å². The van der Waals surface area contributed by atoms with Crippen LogP contribution < -0.4 is 9.62 Å². The molecule has 198 valence electrons. The number of rotatable bonds is 12. The number of nitrogens with zero attached hydrogens (tertiary/aromatic N) is 2. The Labute approximate surface area is 228 Å². The Balaban J connectivity index is 2.43. The number of nitrogens with one attached hydrogen (secondary N) is 1. The number of hydrogen-bond acceptors (Lipinski definition) is 4. The van der Waals surface area contributed by atoms with Crippen LogP contribution in [0.1, 0.15) is 39.2 Å². The maximum Gasteiger partial charge on any atom is 0.244 e. The Morgan fingerprint density at radius 1 is 0.972 bits per heavy atom. The van der Waals surface area contributed by atoms with E-state index in [4.69, 9.17) is 34.8 Å². The van der Waals surface area contributed by atoms with E-state index in [0.717, 1.165) is 22.5 Å². The summed E-state index contributed by atoms with van der Waals surface area (Å²) in [5.74, 6) is -0.823. The minimum atomic E-state index is -3.94. The van der Waals surface area contributed by atoms with E-state index in [1.54, 1.807) is 0 Å². The molecule has 0 spiro atoms. The predicted molar refractivity (Wildman–Crippen MR) is 147 cm³/mol. The summed E-state index contributed by atoms with van der Waals surface area (Å²) < 4.78 is 26.3. The molecule has 0 heterocycles. The summed E-state index contributed by atoms with van der Waals surface area (Å²) in [5.41, 5.74) is 1.02. The lowest BCUT2D eigenvalue weighted by molar-refractivity contribution is -0.139. The van der Waals surface area contributed by atoms with Crippen LogP contribution in [0.3, 0.4) is 0 Å². The second kappa shape index (κ2) is 13.5. The molecule has 0 fully saturated rings. The molecule has 0 aliphatic heterocycles. The first-order chi connectivity index (χ1) is 16.9. The molecular weight excluding hydrogens is 545 g/mol. The first-order valence-electron chi connectivity index (χ1n) is 11.6. The van der Waals surface area contributed by atoms with E-state index in [9.17, 15) is 18.0 Å². The highest BCUT2D eigenvalue weighted by Crippen LogP contribution is 2.35. The van der Waals surface area contributed by atoms with Crippen molar-refractivity contribution in [3.05, 3.63) is 63.1 Å². The number of hydrogen-bond donors (Lipinski definition) is 1. The normalized spacial score (nSPS) is 13.1. The molecule has 0 saturated carbocycles. The molecule has 0 saturated heterocycles. The van der Waals surface area contributed by atoms with Crippen LogP contribution >= 0.6 is 34.8 Å². The molecular formula is C25H32Cl3N3O4S. The van der Waals surface area contributed by atoms with Gasteiger partial charge in [0.25, 0.3) is 0 Å². The third kappa shape index (κ3) is 8.26. The van der Waals surface area contributed by atoms with Crippen LogP contribution in [0.25, 0.3) is 0 Å². The van der Waals surface area contributed by atoms with Crippen molar-refractivity contribution >= 4 is 62.3 Å². The number of benzene rings is 2. The van der Waals surface area contributed by atoms with E-state index in [0.29, 0.717) is 12.8 Å². The van der Waals surface area contributed by atoms with Gasteiger partial charge in [-0.15, -0.1) is 0 Å². The summed E-state index contributed by atoms with van der Waals surface area (Å²) in [7, 11) is -3.94. The predicted octanol–water partition coefficient (Wildman–Crippen LogP) is 5.18. The minimum Gasteiger partial charge on any atom is -0.352 e. The topological polar surface area (TPSA) is 86.8 Å². The number of halogens is 3. The Kier molecular flexibility index (Phi) is 11.3. The number of amides is 2. The van der Waals surface area contributed by atoms with Gasteiger partial charge >= 0.3 is 0 Å². The van der Waals surface area contributed by atoms with Crippen LogP contribution in [0.4, 0.5) is 5.69 Å². The third-order valence-electron chi connectivity index (χ3n) is 5.81. The monoisotopic (exact) mass is 575 g/mol. The van der Waals surface area contributed by atoms with Crippen molar-refractivity contribution in [2.75, 3.05) is 23.7 Å². The molecule has 2 rings (SSSR count). The molecule has 0 aliphatic carbocycles. The van der Waals surface area contributed by atoms with Crippen LogP contribution in [0.2, 0.25) is 15.1 Å². The van der Waals surface area contributed by atoms with Gasteiger partial charge in [0.2, 0.25) is 21.8 Å². The second-order valence-corrected chi connectivity index (χ2v) is 11.7. The zero-order chi connectivity index (χ0) is 27.0. The molecule has 1 N–H and O–H groups in total. The van der Waals surface area contributed by atoms with Crippen molar-refractivity contribution in [3.8, 4) is 0 Å². The maximum absolute atomic E-state index is 13.7. The van der Waals surface area contributed by atoms with Crippen LogP contribution in [-0.2, 0) is 26.0 Å². The largest absolute Gasteiger partial charge is 0.352 e. The molecule has 11 heteroatoms. The zero-order valence-corrected chi connectivity index (χ0v) is 23.9. The molecule has 36 heavy (non-hydrogen) atoms. The summed E-state index contributed by atoms with van der Waals surface area (Å²) in [6.07, 6.45) is 2.56. The summed E-state index contributed by atoms with van der Waals surface area (Å²) >= 11 is 18.4. The molecule has 0 aliphatic rings. The molecule has 7 nitrogen and oxygen atoms in total. The standard InChI is InChI=1S/C25H32Cl3N3O4S/c1-5-17(3)29-25(33)22(6-2)30(13-12-18-10-8-7-9-11-18)24(32)16-31(36(4,34)35)23-15-20(27)19(26)14-21(23)28/h7-11,14-15,17,22H,5-6,12-13,16H2,1-4H3,(H,29,33)/t17-,22+/m0/s1. The van der Waals surface area contributed by atoms with Gasteiger partial charge < -0.3 is 10.2 Å². The molecule has 0 radical (unpaired) electrons. The molecule has 0 bridgehead atoms. The van der Waals surface area contributed by atoms with E-state index in [2.05, 4.69) is 5.32 Å². The Morgan fingerprint density at radius 2 is 1.58 bits per heavy atom. The van der Waals surface area contributed by atoms with Crippen molar-refractivity contribution in [1.82, 2.24) is 10.2 Å². The number of sulfonamides is 1. The summed E-state index contributed by atoms with van der Waals surface area (Å²) in [4.78, 5) is 28.2. The lowest BCUT2D eigenvalue weighted by Gasteiger charge is -2.33. The molecule has 0 unspecified atom stereocenters. The Bertz CT molecular complexity index is 1160. The van der Waals surface area contributed by atoms with Crippen LogP contribution in [0.5, 0.6) is 0 Å². The van der Waals surface area contributed by atoms with Crippen LogP contribution in [0.15, 0.2) is 42.5 Å². The highest BCUT2D eigenvalue weighted by Gasteiger charge is 2.32. The SMILES string of the molecule is CC[C@H](C(=O)N[C@@H](C)CC)N(CCc1ccccc1)C(=O)CN(c1cc(Cl)c(Cl)cc1Cl)S(C)(=O)=O. The van der Waals surface area contributed by atoms with Gasteiger partial charge in [0.15, 0.2) is 0 Å². The average molecular weight is 577 g/mol. The quantitative estimate of drug-likeness (QED) is 0.353. The fourth-order valence-corrected chi connectivity index (χ4v) is 5.18. The fourth-order valence-electron chi connectivity index (χ4n) is 3.63. The van der Waals surface area contributed by atoms with E-state index in [1.165, 1.54) is 17.0 Å². The second-order valence-electron chi connectivity index (χ2n) is 8.55. The molecule has 2 aromatic carbocycles. The van der Waals surface area contributed by atoms with E-state index < -0.39 is 28.5 Å². The summed E-state index contributed by atoms with van der Waals surface area (Å²) in [6.45, 7) is 5.32. The van der Waals surface area contributed by atoms with Crippen molar-refractivity contribution in [3.63, 3.8) is 0 Å². The lowest BCUT2D eigenvalue weighted by atomic mass is 10.1. The van der Waals surface area contributed by atoms with E-state index in [-0.39, 0.29) is 39.2 Å². The van der Waals surface area contributed by atoms with Gasteiger partial charge in [-0.2, -0.15) is 0 Å². The smallest absolute Gasteiger partial charge is 0.244 e. The maximum atomic E-state index is 13.7. The third-order valence-corrected chi connectivity index (χ3v) is 7.96. The minimum absolute atomic E-state index is 0.0278. The molecule has 2 atom stereocenters. The van der Waals surface area contributed by atoms with E-state index >= 15 is 0 Å². The number of anilines is 1. The average Bonchev–Trinajstić information content (AvgIpc) is 2.82. The van der Waals surface area contributed by atoms with Gasteiger partial charge in [-0.25, -0.2) is 8.42 Å². The first kappa shape index (κ1) is 30.2. The van der Waals surface area contributed by atoms with Crippen molar-refractivity contribution in [1.29, 1.82) is 0 Å². The van der Waals surface area contributed by atoms with E-state index in [1.807, 2.05) is 51.1 Å². The molecule has 2 amide bonds.